The number of piperidine rings is 1. The van der Waals surface area contributed by atoms with Gasteiger partial charge in [-0.15, -0.1) is 0 Å². The summed E-state index contributed by atoms with van der Waals surface area (Å²) >= 11 is 0. The fourth-order valence-electron chi connectivity index (χ4n) is 5.88. The van der Waals surface area contributed by atoms with Gasteiger partial charge in [-0.05, 0) is 49.7 Å². The number of para-hydroxylation sites is 2. The Labute approximate surface area is 249 Å². The first-order chi connectivity index (χ1) is 20.9. The Kier molecular flexibility index (Phi) is 8.28. The van der Waals surface area contributed by atoms with Crippen LogP contribution < -0.4 is 15.4 Å². The Balaban J connectivity index is 1.15. The summed E-state index contributed by atoms with van der Waals surface area (Å²) < 4.78 is 22.7. The molecule has 6 rings (SSSR count). The number of benzene rings is 2. The molecule has 2 aliphatic rings. The van der Waals surface area contributed by atoms with E-state index < -0.39 is 6.09 Å². The number of aromatic nitrogens is 4. The Morgan fingerprint density at radius 3 is 2.44 bits per heavy atom. The van der Waals surface area contributed by atoms with E-state index in [0.29, 0.717) is 25.6 Å². The molecule has 4 heterocycles. The zero-order valence-electron chi connectivity index (χ0n) is 24.6. The van der Waals surface area contributed by atoms with Gasteiger partial charge in [-0.25, -0.2) is 23.7 Å². The number of amides is 1. The third kappa shape index (κ3) is 6.19. The van der Waals surface area contributed by atoms with Crippen molar-refractivity contribution in [1.82, 2.24) is 28.9 Å². The number of halogens is 1. The number of piperazine rings is 1. The van der Waals surface area contributed by atoms with Gasteiger partial charge in [0.05, 0.1) is 17.6 Å². The minimum Gasteiger partial charge on any atom is -0.427 e. The maximum Gasteiger partial charge on any atom is 0.411 e. The molecule has 2 fully saturated rings. The van der Waals surface area contributed by atoms with E-state index in [1.54, 1.807) is 4.90 Å². The van der Waals surface area contributed by atoms with Crippen molar-refractivity contribution in [3.63, 3.8) is 0 Å². The van der Waals surface area contributed by atoms with Crippen molar-refractivity contribution in [3.05, 3.63) is 82.5 Å². The van der Waals surface area contributed by atoms with Crippen molar-refractivity contribution in [2.45, 2.75) is 32.2 Å². The van der Waals surface area contributed by atoms with Crippen molar-refractivity contribution in [1.29, 1.82) is 0 Å². The van der Waals surface area contributed by atoms with E-state index in [4.69, 9.17) is 9.72 Å². The van der Waals surface area contributed by atoms with E-state index in [2.05, 4.69) is 25.4 Å². The van der Waals surface area contributed by atoms with Gasteiger partial charge in [0.2, 0.25) is 11.9 Å². The third-order valence-electron chi connectivity index (χ3n) is 8.49. The van der Waals surface area contributed by atoms with Crippen molar-refractivity contribution in [3.8, 4) is 0 Å². The summed E-state index contributed by atoms with van der Waals surface area (Å²) in [6, 6.07) is 16.2. The zero-order chi connectivity index (χ0) is 29.9. The van der Waals surface area contributed by atoms with E-state index in [-0.39, 0.29) is 24.1 Å². The molecule has 0 atom stereocenters. The first kappa shape index (κ1) is 28.7. The molecule has 0 radical (unpaired) electrons. The van der Waals surface area contributed by atoms with Gasteiger partial charge < -0.3 is 28.9 Å². The number of anilines is 2. The van der Waals surface area contributed by atoms with Crippen LogP contribution in [0.15, 0.2) is 65.6 Å². The molecular weight excluding hydrogens is 551 g/mol. The maximum absolute atomic E-state index is 13.5. The average Bonchev–Trinajstić information content (AvgIpc) is 3.39. The van der Waals surface area contributed by atoms with Crippen LogP contribution >= 0.6 is 0 Å². The smallest absolute Gasteiger partial charge is 0.411 e. The van der Waals surface area contributed by atoms with Gasteiger partial charge in [0.15, 0.2) is 6.73 Å². The monoisotopic (exact) mass is 588 g/mol. The minimum absolute atomic E-state index is 0.125. The molecule has 11 nitrogen and oxygen atoms in total. The van der Waals surface area contributed by atoms with Gasteiger partial charge in [-0.1, -0.05) is 24.3 Å². The molecule has 0 unspecified atom stereocenters. The molecule has 226 valence electrons. The van der Waals surface area contributed by atoms with Crippen LogP contribution in [0.5, 0.6) is 0 Å². The predicted molar refractivity (Wildman–Crippen MR) is 163 cm³/mol. The molecule has 4 aromatic rings. The Morgan fingerprint density at radius 1 is 0.977 bits per heavy atom. The Hall–Kier alpha value is -4.45. The second-order valence-corrected chi connectivity index (χ2v) is 11.3. The van der Waals surface area contributed by atoms with Crippen molar-refractivity contribution < 1.29 is 13.9 Å². The first-order valence-corrected chi connectivity index (χ1v) is 14.7. The first-order valence-electron chi connectivity index (χ1n) is 14.7. The number of likely N-dealkylation sites (N-methyl/N-ethyl adjacent to an activating group) is 1. The van der Waals surface area contributed by atoms with E-state index in [0.717, 1.165) is 61.6 Å². The van der Waals surface area contributed by atoms with Crippen LogP contribution in [-0.2, 0) is 18.0 Å². The summed E-state index contributed by atoms with van der Waals surface area (Å²) in [4.78, 5) is 43.1. The summed E-state index contributed by atoms with van der Waals surface area (Å²) in [5.74, 6) is 1.11. The summed E-state index contributed by atoms with van der Waals surface area (Å²) in [6.45, 7) is 4.69. The molecule has 0 saturated carbocycles. The highest BCUT2D eigenvalue weighted by Crippen LogP contribution is 2.28. The number of hydrogen-bond acceptors (Lipinski definition) is 8. The highest BCUT2D eigenvalue weighted by Gasteiger charge is 2.28. The van der Waals surface area contributed by atoms with Crippen molar-refractivity contribution in [2.75, 3.05) is 63.2 Å². The molecule has 0 spiro atoms. The molecule has 2 aromatic carbocycles. The Morgan fingerprint density at radius 2 is 1.70 bits per heavy atom. The van der Waals surface area contributed by atoms with Crippen LogP contribution in [-0.4, -0.2) is 94.4 Å². The average molecular weight is 589 g/mol. The lowest BCUT2D eigenvalue weighted by Gasteiger charge is -2.38. The largest absolute Gasteiger partial charge is 0.427 e. The van der Waals surface area contributed by atoms with Gasteiger partial charge in [-0.3, -0.25) is 4.79 Å². The van der Waals surface area contributed by atoms with Gasteiger partial charge in [0.25, 0.3) is 5.56 Å². The molecule has 1 amide bonds. The quantitative estimate of drug-likeness (QED) is 0.325. The second-order valence-electron chi connectivity index (χ2n) is 11.3. The molecule has 2 saturated heterocycles. The number of rotatable bonds is 7. The standard InChI is InChI=1S/C31H37FN8O3/c1-35-17-19-38(20-18-35)31(42)43-22-40-28(41)11-14-33-29(40)36(2)25-12-15-37(16-13-25)30-34-26-5-3-4-6-27(26)39(30)21-23-7-9-24(32)10-8-23/h3-11,14,25H,12-13,15-22H2,1-2H3. The number of carbonyl (C=O) groups is 1. The molecule has 12 heteroatoms. The molecule has 2 aliphatic heterocycles. The number of carbonyl (C=O) groups excluding carboxylic acids is 1. The predicted octanol–water partition coefficient (Wildman–Crippen LogP) is 3.23. The molecular formula is C31H37FN8O3. The van der Waals surface area contributed by atoms with E-state index in [1.165, 1.54) is 29.0 Å². The second kappa shape index (κ2) is 12.4. The van der Waals surface area contributed by atoms with Crippen LogP contribution in [0.1, 0.15) is 18.4 Å². The summed E-state index contributed by atoms with van der Waals surface area (Å²) in [7, 11) is 3.96. The number of imidazole rings is 1. The molecule has 0 N–H and O–H groups in total. The van der Waals surface area contributed by atoms with Crippen LogP contribution in [0.4, 0.5) is 21.1 Å². The van der Waals surface area contributed by atoms with Gasteiger partial charge in [0.1, 0.15) is 5.82 Å². The number of fused-ring (bicyclic) bond motifs is 1. The van der Waals surface area contributed by atoms with E-state index in [1.807, 2.05) is 49.3 Å². The summed E-state index contributed by atoms with van der Waals surface area (Å²) in [6.07, 6.45) is 2.72. The number of hydrogen-bond donors (Lipinski definition) is 0. The van der Waals surface area contributed by atoms with Gasteiger partial charge >= 0.3 is 6.09 Å². The van der Waals surface area contributed by atoms with E-state index >= 15 is 0 Å². The fraction of sp³-hybridized carbons (Fsp3) is 0.419. The lowest BCUT2D eigenvalue weighted by molar-refractivity contribution is 0.0593. The highest BCUT2D eigenvalue weighted by molar-refractivity contribution is 5.79. The SMILES string of the molecule is CN1CCN(C(=O)OCn2c(N(C)C3CCN(c4nc5ccccc5n4Cc4ccc(F)cc4)CC3)nccc2=O)CC1. The molecule has 0 aliphatic carbocycles. The lowest BCUT2D eigenvalue weighted by Crippen LogP contribution is -2.48. The number of nitrogens with zero attached hydrogens (tertiary/aromatic N) is 8. The van der Waals surface area contributed by atoms with Crippen molar-refractivity contribution >= 4 is 29.0 Å². The summed E-state index contributed by atoms with van der Waals surface area (Å²) in [5.41, 5.74) is 2.68. The third-order valence-corrected chi connectivity index (χ3v) is 8.49. The van der Waals surface area contributed by atoms with Crippen LogP contribution in [0.2, 0.25) is 0 Å². The molecule has 43 heavy (non-hydrogen) atoms. The lowest BCUT2D eigenvalue weighted by atomic mass is 10.0. The number of ether oxygens (including phenoxy) is 1. The topological polar surface area (TPSA) is 92.0 Å². The van der Waals surface area contributed by atoms with Gasteiger partial charge in [0, 0.05) is 64.6 Å². The van der Waals surface area contributed by atoms with Crippen molar-refractivity contribution in [2.24, 2.45) is 0 Å². The van der Waals surface area contributed by atoms with Crippen LogP contribution in [0.25, 0.3) is 11.0 Å². The van der Waals surface area contributed by atoms with E-state index in [9.17, 15) is 14.0 Å². The maximum atomic E-state index is 13.5. The minimum atomic E-state index is -0.422. The fourth-order valence-corrected chi connectivity index (χ4v) is 5.88. The van der Waals surface area contributed by atoms with Gasteiger partial charge in [-0.2, -0.15) is 0 Å². The highest BCUT2D eigenvalue weighted by atomic mass is 19.1. The Bertz CT molecular complexity index is 1620. The molecule has 2 aromatic heterocycles. The summed E-state index contributed by atoms with van der Waals surface area (Å²) in [5, 5.41) is 0. The van der Waals surface area contributed by atoms with Crippen LogP contribution in [0, 0.1) is 5.82 Å². The normalized spacial score (nSPS) is 16.5. The zero-order valence-corrected chi connectivity index (χ0v) is 24.6. The molecule has 0 bridgehead atoms. The van der Waals surface area contributed by atoms with Crippen LogP contribution in [0.3, 0.4) is 0 Å².